The van der Waals surface area contributed by atoms with Crippen molar-refractivity contribution in [2.45, 2.75) is 38.5 Å². The highest BCUT2D eigenvalue weighted by molar-refractivity contribution is 5.04. The normalized spacial score (nSPS) is 28.8. The van der Waals surface area contributed by atoms with Gasteiger partial charge in [-0.1, -0.05) is 6.07 Å². The fourth-order valence-corrected chi connectivity index (χ4v) is 3.72. The van der Waals surface area contributed by atoms with Gasteiger partial charge in [0.2, 0.25) is 0 Å². The van der Waals surface area contributed by atoms with Gasteiger partial charge in [-0.05, 0) is 45.4 Å². The lowest BCUT2D eigenvalue weighted by atomic mass is 9.93. The van der Waals surface area contributed by atoms with E-state index in [0.29, 0.717) is 18.6 Å². The van der Waals surface area contributed by atoms with Crippen molar-refractivity contribution in [3.8, 4) is 0 Å². The van der Waals surface area contributed by atoms with Gasteiger partial charge in [0.1, 0.15) is 5.60 Å². The predicted octanol–water partition coefficient (Wildman–Crippen LogP) is 2.03. The van der Waals surface area contributed by atoms with Crippen molar-refractivity contribution in [1.29, 1.82) is 0 Å². The Labute approximate surface area is 145 Å². The maximum atomic E-state index is 6.31. The summed E-state index contributed by atoms with van der Waals surface area (Å²) in [6.07, 6.45) is 2.95. The van der Waals surface area contributed by atoms with Crippen molar-refractivity contribution in [2.75, 3.05) is 46.5 Å². The Kier molecular flexibility index (Phi) is 5.87. The molecule has 134 valence electrons. The molecule has 2 aliphatic heterocycles. The van der Waals surface area contributed by atoms with Gasteiger partial charge in [0, 0.05) is 38.4 Å². The summed E-state index contributed by atoms with van der Waals surface area (Å²) in [5.41, 5.74) is 0.969. The van der Waals surface area contributed by atoms with Crippen LogP contribution in [0.1, 0.15) is 26.0 Å². The van der Waals surface area contributed by atoms with Gasteiger partial charge in [0.05, 0.1) is 25.5 Å². The van der Waals surface area contributed by atoms with E-state index in [0.717, 1.165) is 51.5 Å². The second-order valence-electron chi connectivity index (χ2n) is 7.68. The molecule has 1 spiro atoms. The molecule has 1 aromatic heterocycles. The molecule has 0 radical (unpaired) electrons. The number of hydrogen-bond acceptors (Lipinski definition) is 5. The van der Waals surface area contributed by atoms with Crippen LogP contribution in [-0.4, -0.2) is 72.9 Å². The van der Waals surface area contributed by atoms with Gasteiger partial charge in [0.15, 0.2) is 0 Å². The van der Waals surface area contributed by atoms with Crippen LogP contribution in [0.3, 0.4) is 0 Å². The Morgan fingerprint density at radius 1 is 1.42 bits per heavy atom. The van der Waals surface area contributed by atoms with E-state index in [2.05, 4.69) is 47.8 Å². The lowest BCUT2D eigenvalue weighted by molar-refractivity contribution is -0.0564. The maximum Gasteiger partial charge on any atom is 0.104 e. The van der Waals surface area contributed by atoms with Crippen LogP contribution < -0.4 is 0 Å². The van der Waals surface area contributed by atoms with Gasteiger partial charge in [-0.25, -0.2) is 0 Å². The molecule has 24 heavy (non-hydrogen) atoms. The van der Waals surface area contributed by atoms with Crippen LogP contribution in [-0.2, 0) is 16.0 Å². The van der Waals surface area contributed by atoms with Crippen molar-refractivity contribution in [2.24, 2.45) is 5.92 Å². The number of pyridine rings is 1. The highest BCUT2D eigenvalue weighted by Gasteiger charge is 2.43. The molecule has 2 aliphatic rings. The van der Waals surface area contributed by atoms with Crippen LogP contribution in [0.15, 0.2) is 24.4 Å². The highest BCUT2D eigenvalue weighted by atomic mass is 16.5. The summed E-state index contributed by atoms with van der Waals surface area (Å²) in [5.74, 6) is 0.593. The van der Waals surface area contributed by atoms with Crippen molar-refractivity contribution in [1.82, 2.24) is 14.8 Å². The van der Waals surface area contributed by atoms with Gasteiger partial charge < -0.3 is 14.4 Å². The van der Waals surface area contributed by atoms with Gasteiger partial charge in [0.25, 0.3) is 0 Å². The van der Waals surface area contributed by atoms with Crippen LogP contribution >= 0.6 is 0 Å². The van der Waals surface area contributed by atoms with Crippen molar-refractivity contribution < 1.29 is 9.47 Å². The number of hydrogen-bond donors (Lipinski definition) is 0. The first-order valence-electron chi connectivity index (χ1n) is 9.10. The fraction of sp³-hybridized carbons (Fsp3) is 0.737. The van der Waals surface area contributed by atoms with E-state index >= 15 is 0 Å². The zero-order valence-corrected chi connectivity index (χ0v) is 15.3. The molecule has 3 heterocycles. The first-order chi connectivity index (χ1) is 11.6. The van der Waals surface area contributed by atoms with E-state index in [4.69, 9.17) is 9.47 Å². The Hall–Kier alpha value is -1.01. The van der Waals surface area contributed by atoms with Crippen LogP contribution in [0.25, 0.3) is 0 Å². The van der Waals surface area contributed by atoms with Gasteiger partial charge >= 0.3 is 0 Å². The molecule has 2 fully saturated rings. The lowest BCUT2D eigenvalue weighted by Crippen LogP contribution is -2.44. The zero-order valence-electron chi connectivity index (χ0n) is 15.3. The quantitative estimate of drug-likeness (QED) is 0.824. The van der Waals surface area contributed by atoms with E-state index in [1.807, 2.05) is 12.3 Å². The van der Waals surface area contributed by atoms with Crippen LogP contribution in [0.2, 0.25) is 0 Å². The summed E-state index contributed by atoms with van der Waals surface area (Å²) in [5, 5.41) is 0. The lowest BCUT2D eigenvalue weighted by Gasteiger charge is -2.31. The number of aromatic nitrogens is 1. The molecular weight excluding hydrogens is 302 g/mol. The van der Waals surface area contributed by atoms with E-state index in [1.165, 1.54) is 0 Å². The molecule has 0 saturated carbocycles. The topological polar surface area (TPSA) is 37.8 Å². The maximum absolute atomic E-state index is 6.31. The average molecular weight is 333 g/mol. The molecule has 3 rings (SSSR count). The molecule has 0 aliphatic carbocycles. The standard InChI is InChI=1S/C19H31N3O2/c1-16(2)21(3)11-17-10-19(24-13-17)14-22(8-9-23-15-19)12-18-6-4-5-7-20-18/h4-7,16-17H,8-15H2,1-3H3/t17-,19-/m0/s1. The Morgan fingerprint density at radius 3 is 3.04 bits per heavy atom. The number of ether oxygens (including phenoxy) is 2. The minimum atomic E-state index is -0.145. The largest absolute Gasteiger partial charge is 0.377 e. The first-order valence-corrected chi connectivity index (χ1v) is 9.10. The molecule has 2 saturated heterocycles. The van der Waals surface area contributed by atoms with Crippen molar-refractivity contribution in [3.63, 3.8) is 0 Å². The summed E-state index contributed by atoms with van der Waals surface area (Å²) in [6.45, 7) is 10.7. The van der Waals surface area contributed by atoms with Crippen LogP contribution in [0.4, 0.5) is 0 Å². The highest BCUT2D eigenvalue weighted by Crippen LogP contribution is 2.33. The Morgan fingerprint density at radius 2 is 2.29 bits per heavy atom. The molecule has 2 atom stereocenters. The van der Waals surface area contributed by atoms with Crippen LogP contribution in [0.5, 0.6) is 0 Å². The average Bonchev–Trinajstić information content (AvgIpc) is 2.83. The summed E-state index contributed by atoms with van der Waals surface area (Å²) in [4.78, 5) is 9.31. The second kappa shape index (κ2) is 7.91. The minimum Gasteiger partial charge on any atom is -0.377 e. The van der Waals surface area contributed by atoms with E-state index in [1.54, 1.807) is 0 Å². The first kappa shape index (κ1) is 17.8. The third kappa shape index (κ3) is 4.54. The van der Waals surface area contributed by atoms with Crippen molar-refractivity contribution >= 4 is 0 Å². The molecule has 5 nitrogen and oxygen atoms in total. The molecule has 0 unspecified atom stereocenters. The molecular formula is C19H31N3O2. The zero-order chi connectivity index (χ0) is 17.0. The molecule has 1 aromatic rings. The summed E-state index contributed by atoms with van der Waals surface area (Å²) < 4.78 is 12.2. The molecule has 5 heteroatoms. The van der Waals surface area contributed by atoms with Gasteiger partial charge in [-0.2, -0.15) is 0 Å². The summed E-state index contributed by atoms with van der Waals surface area (Å²) in [7, 11) is 2.20. The van der Waals surface area contributed by atoms with Crippen molar-refractivity contribution in [3.05, 3.63) is 30.1 Å². The molecule has 0 N–H and O–H groups in total. The Balaban J connectivity index is 1.60. The number of nitrogens with zero attached hydrogens (tertiary/aromatic N) is 3. The molecule has 0 bridgehead atoms. The van der Waals surface area contributed by atoms with Gasteiger partial charge in [-0.15, -0.1) is 0 Å². The SMILES string of the molecule is CC(C)N(C)C[C@H]1CO[C@@]2(COCCN(Cc3ccccn3)C2)C1. The monoisotopic (exact) mass is 333 g/mol. The fourth-order valence-electron chi connectivity index (χ4n) is 3.72. The molecule has 0 amide bonds. The third-order valence-corrected chi connectivity index (χ3v) is 5.25. The third-order valence-electron chi connectivity index (χ3n) is 5.25. The Bertz CT molecular complexity index is 511. The minimum absolute atomic E-state index is 0.145. The second-order valence-corrected chi connectivity index (χ2v) is 7.68. The predicted molar refractivity (Wildman–Crippen MR) is 94.9 cm³/mol. The van der Waals surface area contributed by atoms with E-state index in [9.17, 15) is 0 Å². The van der Waals surface area contributed by atoms with Gasteiger partial charge in [-0.3, -0.25) is 9.88 Å². The number of rotatable bonds is 5. The molecule has 0 aromatic carbocycles. The summed E-state index contributed by atoms with van der Waals surface area (Å²) in [6, 6.07) is 6.68. The summed E-state index contributed by atoms with van der Waals surface area (Å²) >= 11 is 0. The van der Waals surface area contributed by atoms with E-state index < -0.39 is 0 Å². The van der Waals surface area contributed by atoms with Crippen LogP contribution in [0, 0.1) is 5.92 Å². The smallest absolute Gasteiger partial charge is 0.104 e. The van der Waals surface area contributed by atoms with E-state index in [-0.39, 0.29) is 5.60 Å².